The van der Waals surface area contributed by atoms with Crippen LogP contribution >= 0.6 is 11.6 Å². The van der Waals surface area contributed by atoms with E-state index in [1.807, 2.05) is 19.9 Å². The van der Waals surface area contributed by atoms with Crippen molar-refractivity contribution in [3.05, 3.63) is 47.0 Å². The molecule has 1 aromatic heterocycles. The van der Waals surface area contributed by atoms with E-state index < -0.39 is 29.7 Å². The summed E-state index contributed by atoms with van der Waals surface area (Å²) >= 11 is 6.05. The summed E-state index contributed by atoms with van der Waals surface area (Å²) in [7, 11) is 0. The van der Waals surface area contributed by atoms with Crippen LogP contribution in [0.2, 0.25) is 5.02 Å². The number of fused-ring (bicyclic) bond motifs is 3. The lowest BCUT2D eigenvalue weighted by Crippen LogP contribution is -2.52. The SMILES string of the molecule is CC(C)C[C@H](N[C@H](c1ccc2c(c1)oc1ccc(Cl)cc12)C(F)(F)F)C(=O)NC1(C#N)CC1. The highest BCUT2D eigenvalue weighted by molar-refractivity contribution is 6.31. The number of furan rings is 1. The van der Waals surface area contributed by atoms with Crippen molar-refractivity contribution < 1.29 is 22.4 Å². The van der Waals surface area contributed by atoms with Gasteiger partial charge in [-0.05, 0) is 55.0 Å². The van der Waals surface area contributed by atoms with Gasteiger partial charge in [0.2, 0.25) is 5.91 Å². The van der Waals surface area contributed by atoms with Gasteiger partial charge >= 0.3 is 6.18 Å². The number of nitriles is 1. The van der Waals surface area contributed by atoms with Gasteiger partial charge in [-0.1, -0.05) is 37.6 Å². The molecule has 33 heavy (non-hydrogen) atoms. The first-order chi connectivity index (χ1) is 15.5. The maximum Gasteiger partial charge on any atom is 0.407 e. The first kappa shape index (κ1) is 23.4. The molecule has 174 valence electrons. The van der Waals surface area contributed by atoms with E-state index in [1.54, 1.807) is 24.3 Å². The van der Waals surface area contributed by atoms with E-state index in [9.17, 15) is 23.2 Å². The van der Waals surface area contributed by atoms with Gasteiger partial charge in [0, 0.05) is 15.8 Å². The molecule has 3 aromatic rings. The molecule has 1 amide bonds. The Morgan fingerprint density at radius 3 is 2.52 bits per heavy atom. The summed E-state index contributed by atoms with van der Waals surface area (Å²) < 4.78 is 48.2. The zero-order chi connectivity index (χ0) is 24.0. The van der Waals surface area contributed by atoms with Crippen LogP contribution in [0.1, 0.15) is 44.7 Å². The monoisotopic (exact) mass is 477 g/mol. The van der Waals surface area contributed by atoms with Gasteiger partial charge in [0.25, 0.3) is 0 Å². The zero-order valence-corrected chi connectivity index (χ0v) is 18.8. The number of hydrogen-bond donors (Lipinski definition) is 2. The summed E-state index contributed by atoms with van der Waals surface area (Å²) in [5, 5.41) is 16.2. The van der Waals surface area contributed by atoms with Crippen molar-refractivity contribution >= 4 is 39.4 Å². The van der Waals surface area contributed by atoms with Crippen LogP contribution in [0.5, 0.6) is 0 Å². The second-order valence-corrected chi connectivity index (χ2v) is 9.44. The Hall–Kier alpha value is -2.76. The van der Waals surface area contributed by atoms with E-state index in [2.05, 4.69) is 10.6 Å². The maximum absolute atomic E-state index is 14.1. The first-order valence-corrected chi connectivity index (χ1v) is 11.1. The molecule has 4 rings (SSSR count). The van der Waals surface area contributed by atoms with Crippen molar-refractivity contribution in [2.24, 2.45) is 5.92 Å². The van der Waals surface area contributed by atoms with Gasteiger partial charge in [-0.25, -0.2) is 0 Å². The Bertz CT molecular complexity index is 1240. The Morgan fingerprint density at radius 2 is 1.91 bits per heavy atom. The van der Waals surface area contributed by atoms with Gasteiger partial charge < -0.3 is 9.73 Å². The Balaban J connectivity index is 1.68. The highest BCUT2D eigenvalue weighted by Gasteiger charge is 2.47. The number of carbonyl (C=O) groups excluding carboxylic acids is 1. The number of carbonyl (C=O) groups is 1. The molecule has 9 heteroatoms. The molecular formula is C24H23ClF3N3O2. The van der Waals surface area contributed by atoms with Crippen molar-refractivity contribution in [1.82, 2.24) is 10.6 Å². The van der Waals surface area contributed by atoms with Crippen LogP contribution in [0.4, 0.5) is 13.2 Å². The number of amides is 1. The highest BCUT2D eigenvalue weighted by atomic mass is 35.5. The Morgan fingerprint density at radius 1 is 1.18 bits per heavy atom. The smallest absolute Gasteiger partial charge is 0.407 e. The summed E-state index contributed by atoms with van der Waals surface area (Å²) in [4.78, 5) is 12.8. The number of benzene rings is 2. The molecular weight excluding hydrogens is 455 g/mol. The summed E-state index contributed by atoms with van der Waals surface area (Å²) in [6.07, 6.45) is -3.48. The van der Waals surface area contributed by atoms with E-state index in [4.69, 9.17) is 16.0 Å². The fourth-order valence-corrected chi connectivity index (χ4v) is 4.13. The molecule has 0 aliphatic heterocycles. The second kappa shape index (κ2) is 8.54. The van der Waals surface area contributed by atoms with Crippen molar-refractivity contribution in [2.75, 3.05) is 0 Å². The molecule has 2 atom stereocenters. The van der Waals surface area contributed by atoms with E-state index in [1.165, 1.54) is 12.1 Å². The highest BCUT2D eigenvalue weighted by Crippen LogP contribution is 2.38. The van der Waals surface area contributed by atoms with Crippen molar-refractivity contribution in [3.63, 3.8) is 0 Å². The zero-order valence-electron chi connectivity index (χ0n) is 18.1. The molecule has 0 unspecified atom stereocenters. The third-order valence-corrected chi connectivity index (χ3v) is 6.07. The molecule has 1 heterocycles. The fourth-order valence-electron chi connectivity index (χ4n) is 3.96. The summed E-state index contributed by atoms with van der Waals surface area (Å²) in [6.45, 7) is 3.65. The van der Waals surface area contributed by atoms with Crippen molar-refractivity contribution in [2.45, 2.75) is 56.9 Å². The van der Waals surface area contributed by atoms with Gasteiger partial charge in [-0.3, -0.25) is 10.1 Å². The predicted molar refractivity (Wildman–Crippen MR) is 120 cm³/mol. The van der Waals surface area contributed by atoms with Crippen LogP contribution in [0, 0.1) is 17.2 Å². The van der Waals surface area contributed by atoms with Gasteiger partial charge in [0.15, 0.2) is 0 Å². The van der Waals surface area contributed by atoms with Crippen LogP contribution in [0.15, 0.2) is 40.8 Å². The first-order valence-electron chi connectivity index (χ1n) is 10.7. The molecule has 1 aliphatic carbocycles. The summed E-state index contributed by atoms with van der Waals surface area (Å²) in [5.74, 6) is -0.640. The lowest BCUT2D eigenvalue weighted by atomic mass is 9.98. The number of alkyl halides is 3. The molecule has 2 aromatic carbocycles. The lowest BCUT2D eigenvalue weighted by molar-refractivity contribution is -0.161. The van der Waals surface area contributed by atoms with Crippen LogP contribution < -0.4 is 10.6 Å². The average molecular weight is 478 g/mol. The van der Waals surface area contributed by atoms with E-state index in [-0.39, 0.29) is 17.9 Å². The lowest BCUT2D eigenvalue weighted by Gasteiger charge is -2.29. The van der Waals surface area contributed by atoms with Gasteiger partial charge in [-0.2, -0.15) is 18.4 Å². The quantitative estimate of drug-likeness (QED) is 0.436. The summed E-state index contributed by atoms with van der Waals surface area (Å²) in [5.41, 5.74) is -0.211. The predicted octanol–water partition coefficient (Wildman–Crippen LogP) is 6.02. The van der Waals surface area contributed by atoms with E-state index in [0.29, 0.717) is 39.8 Å². The molecule has 1 saturated carbocycles. The number of nitrogens with zero attached hydrogens (tertiary/aromatic N) is 1. The van der Waals surface area contributed by atoms with Crippen LogP contribution in [-0.4, -0.2) is 23.7 Å². The standard InChI is InChI=1S/C24H23ClF3N3O2/c1-13(2)9-18(22(32)31-23(12-29)7-8-23)30-21(24(26,27)28)14-3-5-16-17-11-15(25)4-6-19(17)33-20(16)10-14/h3-6,10-11,13,18,21,30H,7-9H2,1-2H3,(H,31,32)/t18-,21+/m0/s1. The molecule has 5 nitrogen and oxygen atoms in total. The topological polar surface area (TPSA) is 78.1 Å². The van der Waals surface area contributed by atoms with Crippen LogP contribution in [-0.2, 0) is 4.79 Å². The van der Waals surface area contributed by atoms with E-state index in [0.717, 1.165) is 0 Å². The van der Waals surface area contributed by atoms with Gasteiger partial charge in [0.1, 0.15) is 22.7 Å². The molecule has 1 aliphatic rings. The third-order valence-electron chi connectivity index (χ3n) is 5.84. The largest absolute Gasteiger partial charge is 0.456 e. The summed E-state index contributed by atoms with van der Waals surface area (Å²) in [6, 6.07) is 8.14. The van der Waals surface area contributed by atoms with Crippen LogP contribution in [0.3, 0.4) is 0 Å². The minimum absolute atomic E-state index is 0.0398. The number of halogens is 4. The Labute approximate surface area is 193 Å². The van der Waals surface area contributed by atoms with Gasteiger partial charge in [0.05, 0.1) is 12.1 Å². The average Bonchev–Trinajstić information content (AvgIpc) is 3.42. The Kier molecular flexibility index (Phi) is 6.06. The van der Waals surface area contributed by atoms with Gasteiger partial charge in [-0.15, -0.1) is 0 Å². The molecule has 0 bridgehead atoms. The minimum atomic E-state index is -4.66. The van der Waals surface area contributed by atoms with E-state index >= 15 is 0 Å². The molecule has 0 saturated heterocycles. The minimum Gasteiger partial charge on any atom is -0.456 e. The maximum atomic E-state index is 14.1. The molecule has 1 fully saturated rings. The molecule has 2 N–H and O–H groups in total. The van der Waals surface area contributed by atoms with Crippen molar-refractivity contribution in [1.29, 1.82) is 5.26 Å². The fraction of sp³-hybridized carbons (Fsp3) is 0.417. The molecule has 0 spiro atoms. The third kappa shape index (κ3) is 4.94. The number of hydrogen-bond acceptors (Lipinski definition) is 4. The number of rotatable bonds is 7. The normalized spacial score (nSPS) is 17.2. The molecule has 0 radical (unpaired) electrons. The number of nitrogens with one attached hydrogen (secondary N) is 2. The van der Waals surface area contributed by atoms with Crippen LogP contribution in [0.25, 0.3) is 21.9 Å². The van der Waals surface area contributed by atoms with Crippen molar-refractivity contribution in [3.8, 4) is 6.07 Å². The second-order valence-electron chi connectivity index (χ2n) is 9.00.